The van der Waals surface area contributed by atoms with Crippen molar-refractivity contribution in [3.05, 3.63) is 87.4 Å². The summed E-state index contributed by atoms with van der Waals surface area (Å²) in [7, 11) is -2.34. The predicted molar refractivity (Wildman–Crippen MR) is 132 cm³/mol. The van der Waals surface area contributed by atoms with Crippen molar-refractivity contribution in [3.8, 4) is 5.75 Å². The second-order valence-corrected chi connectivity index (χ2v) is 10.7. The number of ether oxygens (including phenoxy) is 1. The van der Waals surface area contributed by atoms with E-state index in [-0.39, 0.29) is 23.6 Å². The van der Waals surface area contributed by atoms with Crippen LogP contribution in [0.25, 0.3) is 0 Å². The van der Waals surface area contributed by atoms with Crippen molar-refractivity contribution in [2.24, 2.45) is 0 Å². The number of hydrogen-bond acceptors (Lipinski definition) is 4. The molecule has 0 aliphatic heterocycles. The third-order valence-electron chi connectivity index (χ3n) is 5.22. The SMILES string of the molecule is Cc1ccc(C(F)(F)F)cc1COc1cc(NC(=O)c2ccc(Br)cc2)ccc1N(C)S(C)(=O)=O. The monoisotopic (exact) mass is 570 g/mol. The Labute approximate surface area is 209 Å². The normalized spacial score (nSPS) is 11.7. The molecule has 0 radical (unpaired) electrons. The fourth-order valence-electron chi connectivity index (χ4n) is 3.11. The summed E-state index contributed by atoms with van der Waals surface area (Å²) in [6, 6.07) is 14.4. The van der Waals surface area contributed by atoms with Crippen molar-refractivity contribution in [1.29, 1.82) is 0 Å². The zero-order valence-corrected chi connectivity index (χ0v) is 21.4. The Morgan fingerprint density at radius 1 is 1.06 bits per heavy atom. The number of aryl methyl sites for hydroxylation is 1. The maximum atomic E-state index is 13.1. The molecule has 11 heteroatoms. The Balaban J connectivity index is 1.93. The first-order chi connectivity index (χ1) is 16.3. The highest BCUT2D eigenvalue weighted by Crippen LogP contribution is 2.34. The number of rotatable bonds is 7. The summed E-state index contributed by atoms with van der Waals surface area (Å²) in [5.74, 6) is -0.329. The Hall–Kier alpha value is -3.05. The molecule has 0 fully saturated rings. The van der Waals surface area contributed by atoms with Gasteiger partial charge in [0.25, 0.3) is 5.91 Å². The molecule has 0 saturated carbocycles. The van der Waals surface area contributed by atoms with E-state index < -0.39 is 27.7 Å². The highest BCUT2D eigenvalue weighted by molar-refractivity contribution is 9.10. The third-order valence-corrected chi connectivity index (χ3v) is 6.94. The fourth-order valence-corrected chi connectivity index (χ4v) is 3.88. The molecule has 0 heterocycles. The van der Waals surface area contributed by atoms with Gasteiger partial charge in [-0.3, -0.25) is 9.10 Å². The van der Waals surface area contributed by atoms with Crippen LogP contribution in [0.4, 0.5) is 24.5 Å². The molecule has 0 aliphatic carbocycles. The average Bonchev–Trinajstić information content (AvgIpc) is 2.77. The Morgan fingerprint density at radius 2 is 1.71 bits per heavy atom. The lowest BCUT2D eigenvalue weighted by Crippen LogP contribution is -2.25. The molecule has 3 aromatic rings. The highest BCUT2D eigenvalue weighted by atomic mass is 79.9. The predicted octanol–water partition coefficient (Wildman–Crippen LogP) is 6.00. The van der Waals surface area contributed by atoms with Gasteiger partial charge in [-0.1, -0.05) is 22.0 Å². The molecule has 6 nitrogen and oxygen atoms in total. The number of sulfonamides is 1. The summed E-state index contributed by atoms with van der Waals surface area (Å²) in [5.41, 5.74) is 0.934. The summed E-state index contributed by atoms with van der Waals surface area (Å²) < 4.78 is 71.3. The second kappa shape index (κ2) is 10.3. The molecule has 0 aromatic heterocycles. The van der Waals surface area contributed by atoms with Gasteiger partial charge in [-0.05, 0) is 66.6 Å². The number of nitrogens with zero attached hydrogens (tertiary/aromatic N) is 1. The third kappa shape index (κ3) is 6.76. The minimum atomic E-state index is -4.51. The molecular formula is C24H22BrF3N2O4S. The number of hydrogen-bond donors (Lipinski definition) is 1. The number of amides is 1. The smallest absolute Gasteiger partial charge is 0.416 e. The minimum absolute atomic E-state index is 0.0725. The quantitative estimate of drug-likeness (QED) is 0.378. The van der Waals surface area contributed by atoms with Crippen LogP contribution in [-0.4, -0.2) is 27.6 Å². The number of anilines is 2. The van der Waals surface area contributed by atoms with E-state index >= 15 is 0 Å². The first kappa shape index (κ1) is 26.6. The first-order valence-electron chi connectivity index (χ1n) is 10.2. The van der Waals surface area contributed by atoms with Crippen LogP contribution in [0.5, 0.6) is 5.75 Å². The lowest BCUT2D eigenvalue weighted by Gasteiger charge is -2.22. The topological polar surface area (TPSA) is 75.7 Å². The van der Waals surface area contributed by atoms with Gasteiger partial charge in [0.15, 0.2) is 0 Å². The molecule has 0 saturated heterocycles. The van der Waals surface area contributed by atoms with Gasteiger partial charge in [0, 0.05) is 28.8 Å². The van der Waals surface area contributed by atoms with Crippen LogP contribution in [-0.2, 0) is 22.8 Å². The van der Waals surface area contributed by atoms with Gasteiger partial charge in [-0.2, -0.15) is 13.2 Å². The molecule has 0 atom stereocenters. The summed E-state index contributed by atoms with van der Waals surface area (Å²) in [5, 5.41) is 2.71. The van der Waals surface area contributed by atoms with Gasteiger partial charge in [-0.15, -0.1) is 0 Å². The molecule has 0 unspecified atom stereocenters. The second-order valence-electron chi connectivity index (χ2n) is 7.80. The van der Waals surface area contributed by atoms with Crippen molar-refractivity contribution < 1.29 is 31.1 Å². The number of halogens is 4. The van der Waals surface area contributed by atoms with Crippen LogP contribution in [0.1, 0.15) is 27.0 Å². The van der Waals surface area contributed by atoms with E-state index in [1.807, 2.05) is 0 Å². The highest BCUT2D eigenvalue weighted by Gasteiger charge is 2.30. The lowest BCUT2D eigenvalue weighted by molar-refractivity contribution is -0.137. The van der Waals surface area contributed by atoms with Gasteiger partial charge in [-0.25, -0.2) is 8.42 Å². The molecule has 0 bridgehead atoms. The van der Waals surface area contributed by atoms with Gasteiger partial charge >= 0.3 is 6.18 Å². The van der Waals surface area contributed by atoms with Crippen LogP contribution in [0.15, 0.2) is 65.1 Å². The summed E-state index contributed by atoms with van der Waals surface area (Å²) >= 11 is 3.30. The number of alkyl halides is 3. The molecule has 3 aromatic carbocycles. The van der Waals surface area contributed by atoms with Crippen molar-refractivity contribution in [2.75, 3.05) is 22.9 Å². The molecule has 0 aliphatic rings. The largest absolute Gasteiger partial charge is 0.487 e. The number of carbonyl (C=O) groups is 1. The molecule has 1 amide bonds. The van der Waals surface area contributed by atoms with Gasteiger partial charge in [0.05, 0.1) is 17.5 Å². The molecular weight excluding hydrogens is 549 g/mol. The molecule has 186 valence electrons. The Bertz CT molecular complexity index is 1340. The number of carbonyl (C=O) groups excluding carboxylic acids is 1. The Kier molecular flexibility index (Phi) is 7.80. The van der Waals surface area contributed by atoms with Gasteiger partial charge in [0.2, 0.25) is 10.0 Å². The van der Waals surface area contributed by atoms with Crippen LogP contribution < -0.4 is 14.4 Å². The van der Waals surface area contributed by atoms with E-state index in [1.54, 1.807) is 31.2 Å². The van der Waals surface area contributed by atoms with Crippen LogP contribution in [0.3, 0.4) is 0 Å². The number of nitrogens with one attached hydrogen (secondary N) is 1. The molecule has 0 spiro atoms. The molecule has 3 rings (SSSR count). The van der Waals surface area contributed by atoms with E-state index in [1.165, 1.54) is 31.3 Å². The summed E-state index contributed by atoms with van der Waals surface area (Å²) in [6.07, 6.45) is -3.50. The maximum absolute atomic E-state index is 13.1. The maximum Gasteiger partial charge on any atom is 0.416 e. The first-order valence-corrected chi connectivity index (χ1v) is 12.8. The van der Waals surface area contributed by atoms with E-state index in [9.17, 15) is 26.4 Å². The fraction of sp³-hybridized carbons (Fsp3) is 0.208. The van der Waals surface area contributed by atoms with Crippen molar-refractivity contribution >= 4 is 43.2 Å². The van der Waals surface area contributed by atoms with Crippen LogP contribution in [0, 0.1) is 6.92 Å². The van der Waals surface area contributed by atoms with Crippen molar-refractivity contribution in [2.45, 2.75) is 19.7 Å². The lowest BCUT2D eigenvalue weighted by atomic mass is 10.1. The van der Waals surface area contributed by atoms with Crippen LogP contribution >= 0.6 is 15.9 Å². The van der Waals surface area contributed by atoms with E-state index in [2.05, 4.69) is 21.2 Å². The zero-order chi connectivity index (χ0) is 26.0. The minimum Gasteiger partial charge on any atom is -0.487 e. The summed E-state index contributed by atoms with van der Waals surface area (Å²) in [4.78, 5) is 12.6. The zero-order valence-electron chi connectivity index (χ0n) is 19.0. The van der Waals surface area contributed by atoms with Gasteiger partial charge < -0.3 is 10.1 Å². The average molecular weight is 571 g/mol. The van der Waals surface area contributed by atoms with Crippen molar-refractivity contribution in [1.82, 2.24) is 0 Å². The molecule has 1 N–H and O–H groups in total. The van der Waals surface area contributed by atoms with Crippen LogP contribution in [0.2, 0.25) is 0 Å². The van der Waals surface area contributed by atoms with E-state index in [0.29, 0.717) is 16.8 Å². The van der Waals surface area contributed by atoms with E-state index in [4.69, 9.17) is 4.74 Å². The number of benzene rings is 3. The Morgan fingerprint density at radius 3 is 2.31 bits per heavy atom. The van der Waals surface area contributed by atoms with Gasteiger partial charge in [0.1, 0.15) is 12.4 Å². The molecule has 35 heavy (non-hydrogen) atoms. The standard InChI is InChI=1S/C24H22BrF3N2O4S/c1-15-4-7-18(24(26,27)28)12-17(15)14-34-22-13-20(10-11-21(22)30(2)35(3,32)33)29-23(31)16-5-8-19(25)9-6-16/h4-13H,14H2,1-3H3,(H,29,31). The van der Waals surface area contributed by atoms with Crippen molar-refractivity contribution in [3.63, 3.8) is 0 Å². The van der Waals surface area contributed by atoms with E-state index in [0.717, 1.165) is 27.2 Å². The summed E-state index contributed by atoms with van der Waals surface area (Å²) in [6.45, 7) is 1.40.